The molecule has 0 unspecified atom stereocenters. The minimum absolute atomic E-state index is 0.379. The van der Waals surface area contributed by atoms with Gasteiger partial charge in [-0.3, -0.25) is 4.79 Å². The number of benzene rings is 1. The maximum Gasteiger partial charge on any atom is 0.314 e. The van der Waals surface area contributed by atoms with Gasteiger partial charge in [-0.2, -0.15) is 0 Å². The van der Waals surface area contributed by atoms with E-state index in [1.807, 2.05) is 0 Å². The van der Waals surface area contributed by atoms with Gasteiger partial charge in [0.25, 0.3) is 0 Å². The van der Waals surface area contributed by atoms with Crippen molar-refractivity contribution in [2.75, 3.05) is 7.11 Å². The van der Waals surface area contributed by atoms with Gasteiger partial charge < -0.3 is 9.84 Å². The van der Waals surface area contributed by atoms with E-state index in [1.54, 1.807) is 18.2 Å². The fourth-order valence-corrected chi connectivity index (χ4v) is 2.92. The molecule has 0 aromatic heterocycles. The van der Waals surface area contributed by atoms with Crippen LogP contribution in [0.5, 0.6) is 5.75 Å². The molecule has 0 saturated heterocycles. The van der Waals surface area contributed by atoms with Gasteiger partial charge in [-0.25, -0.2) is 4.39 Å². The first-order chi connectivity index (χ1) is 8.65. The number of rotatable bonds is 4. The average molecular weight is 252 g/mol. The highest BCUT2D eigenvalue weighted by Gasteiger charge is 2.44. The summed E-state index contributed by atoms with van der Waals surface area (Å²) in [7, 11) is 1.47. The second kappa shape index (κ2) is 4.96. The van der Waals surface area contributed by atoms with Crippen LogP contribution in [0.4, 0.5) is 4.39 Å². The van der Waals surface area contributed by atoms with Crippen molar-refractivity contribution in [2.45, 2.75) is 37.8 Å². The smallest absolute Gasteiger partial charge is 0.314 e. The van der Waals surface area contributed by atoms with Crippen molar-refractivity contribution in [1.29, 1.82) is 0 Å². The van der Waals surface area contributed by atoms with Crippen molar-refractivity contribution in [2.24, 2.45) is 0 Å². The highest BCUT2D eigenvalue weighted by molar-refractivity contribution is 5.82. The fourth-order valence-electron chi connectivity index (χ4n) is 2.92. The van der Waals surface area contributed by atoms with Crippen LogP contribution in [0, 0.1) is 0 Å². The fraction of sp³-hybridized carbons (Fsp3) is 0.500. The molecule has 1 aliphatic rings. The second-order valence-electron chi connectivity index (χ2n) is 4.71. The molecule has 1 N–H and O–H groups in total. The van der Waals surface area contributed by atoms with E-state index in [0.29, 0.717) is 29.7 Å². The van der Waals surface area contributed by atoms with Gasteiger partial charge in [-0.15, -0.1) is 0 Å². The average Bonchev–Trinajstić information content (AvgIpc) is 2.88. The largest absolute Gasteiger partial charge is 0.496 e. The van der Waals surface area contributed by atoms with Crippen molar-refractivity contribution in [1.82, 2.24) is 0 Å². The first kappa shape index (κ1) is 12.9. The Balaban J connectivity index is 2.58. The van der Waals surface area contributed by atoms with Crippen LogP contribution in [0.3, 0.4) is 0 Å². The van der Waals surface area contributed by atoms with Gasteiger partial charge in [-0.05, 0) is 24.5 Å². The van der Waals surface area contributed by atoms with Crippen LogP contribution in [0.1, 0.15) is 36.8 Å². The number of ether oxygens (including phenoxy) is 1. The van der Waals surface area contributed by atoms with Crippen LogP contribution in [0.2, 0.25) is 0 Å². The summed E-state index contributed by atoms with van der Waals surface area (Å²) in [5.41, 5.74) is 0.0225. The quantitative estimate of drug-likeness (QED) is 0.895. The zero-order valence-electron chi connectivity index (χ0n) is 10.4. The second-order valence-corrected chi connectivity index (χ2v) is 4.71. The van der Waals surface area contributed by atoms with E-state index in [0.717, 1.165) is 12.8 Å². The molecule has 0 amide bonds. The van der Waals surface area contributed by atoms with E-state index in [-0.39, 0.29) is 0 Å². The Kier molecular flexibility index (Phi) is 3.55. The Morgan fingerprint density at radius 3 is 2.61 bits per heavy atom. The van der Waals surface area contributed by atoms with E-state index in [1.165, 1.54) is 7.11 Å². The molecule has 2 rings (SSSR count). The third-order valence-electron chi connectivity index (χ3n) is 3.87. The Bertz CT molecular complexity index is 450. The van der Waals surface area contributed by atoms with Gasteiger partial charge in [0.15, 0.2) is 0 Å². The molecule has 1 fully saturated rings. The highest BCUT2D eigenvalue weighted by atomic mass is 19.1. The summed E-state index contributed by atoms with van der Waals surface area (Å²) in [5, 5.41) is 9.54. The number of carbonyl (C=O) groups is 1. The summed E-state index contributed by atoms with van der Waals surface area (Å²) in [4.78, 5) is 11.6. The lowest BCUT2D eigenvalue weighted by molar-refractivity contribution is -0.143. The normalized spacial score (nSPS) is 17.7. The highest BCUT2D eigenvalue weighted by Crippen LogP contribution is 2.44. The Morgan fingerprint density at radius 2 is 2.11 bits per heavy atom. The maximum absolute atomic E-state index is 13.2. The molecular weight excluding hydrogens is 235 g/mol. The lowest BCUT2D eigenvalue weighted by Crippen LogP contribution is -2.33. The Morgan fingerprint density at radius 1 is 1.44 bits per heavy atom. The predicted molar refractivity (Wildman–Crippen MR) is 65.6 cm³/mol. The lowest BCUT2D eigenvalue weighted by atomic mass is 9.76. The predicted octanol–water partition coefficient (Wildman–Crippen LogP) is 3.06. The Labute approximate surface area is 106 Å². The van der Waals surface area contributed by atoms with Gasteiger partial charge in [0, 0.05) is 5.56 Å². The zero-order valence-corrected chi connectivity index (χ0v) is 10.4. The third kappa shape index (κ3) is 1.85. The van der Waals surface area contributed by atoms with E-state index in [2.05, 4.69) is 0 Å². The molecule has 3 nitrogen and oxygen atoms in total. The molecule has 4 heteroatoms. The molecule has 98 valence electrons. The SMILES string of the molecule is COc1cccc(C2(C(=O)O)CCCC2)c1CF. The molecule has 1 aromatic rings. The Hall–Kier alpha value is -1.58. The van der Waals surface area contributed by atoms with Crippen molar-refractivity contribution >= 4 is 5.97 Å². The first-order valence-electron chi connectivity index (χ1n) is 6.11. The number of methoxy groups -OCH3 is 1. The van der Waals surface area contributed by atoms with Gasteiger partial charge in [0.1, 0.15) is 12.4 Å². The van der Waals surface area contributed by atoms with E-state index in [4.69, 9.17) is 4.74 Å². The zero-order chi connectivity index (χ0) is 13.2. The van der Waals surface area contributed by atoms with Crippen LogP contribution in [-0.4, -0.2) is 18.2 Å². The summed E-state index contributed by atoms with van der Waals surface area (Å²) in [6, 6.07) is 5.12. The summed E-state index contributed by atoms with van der Waals surface area (Å²) in [6.07, 6.45) is 2.88. The summed E-state index contributed by atoms with van der Waals surface area (Å²) in [5.74, 6) is -0.425. The molecule has 18 heavy (non-hydrogen) atoms. The topological polar surface area (TPSA) is 46.5 Å². The number of aliphatic carboxylic acids is 1. The monoisotopic (exact) mass is 252 g/mol. The molecule has 1 aromatic carbocycles. The van der Waals surface area contributed by atoms with Gasteiger partial charge in [0.05, 0.1) is 12.5 Å². The van der Waals surface area contributed by atoms with Gasteiger partial charge in [0.2, 0.25) is 0 Å². The molecule has 1 saturated carbocycles. The minimum Gasteiger partial charge on any atom is -0.496 e. The van der Waals surface area contributed by atoms with Crippen LogP contribution < -0.4 is 4.74 Å². The van der Waals surface area contributed by atoms with Crippen molar-refractivity contribution in [3.8, 4) is 5.75 Å². The number of hydrogen-bond acceptors (Lipinski definition) is 2. The molecule has 0 heterocycles. The first-order valence-corrected chi connectivity index (χ1v) is 6.11. The summed E-state index contributed by atoms with van der Waals surface area (Å²) in [6.45, 7) is -0.700. The molecular formula is C14H17FO3. The van der Waals surface area contributed by atoms with E-state index >= 15 is 0 Å². The van der Waals surface area contributed by atoms with Crippen LogP contribution in [-0.2, 0) is 16.9 Å². The number of halogens is 1. The van der Waals surface area contributed by atoms with Crippen LogP contribution in [0.15, 0.2) is 18.2 Å². The molecule has 0 atom stereocenters. The van der Waals surface area contributed by atoms with Crippen molar-refractivity contribution < 1.29 is 19.0 Å². The van der Waals surface area contributed by atoms with E-state index < -0.39 is 18.1 Å². The lowest BCUT2D eigenvalue weighted by Gasteiger charge is -2.27. The van der Waals surface area contributed by atoms with Crippen molar-refractivity contribution in [3.63, 3.8) is 0 Å². The maximum atomic E-state index is 13.2. The number of carboxylic acid groups (broad SMARTS) is 1. The van der Waals surface area contributed by atoms with Crippen LogP contribution >= 0.6 is 0 Å². The molecule has 0 radical (unpaired) electrons. The third-order valence-corrected chi connectivity index (χ3v) is 3.87. The van der Waals surface area contributed by atoms with Crippen LogP contribution in [0.25, 0.3) is 0 Å². The molecule has 1 aliphatic carbocycles. The number of carboxylic acids is 1. The molecule has 0 bridgehead atoms. The molecule has 0 aliphatic heterocycles. The number of alkyl halides is 1. The summed E-state index contributed by atoms with van der Waals surface area (Å²) >= 11 is 0. The standard InChI is InChI=1S/C14H17FO3/c1-18-12-6-4-5-11(10(12)9-15)14(13(16)17)7-2-3-8-14/h4-6H,2-3,7-9H2,1H3,(H,16,17). The van der Waals surface area contributed by atoms with E-state index in [9.17, 15) is 14.3 Å². The van der Waals surface area contributed by atoms with Gasteiger partial charge >= 0.3 is 5.97 Å². The number of hydrogen-bond donors (Lipinski definition) is 1. The molecule has 0 spiro atoms. The summed E-state index contributed by atoms with van der Waals surface area (Å²) < 4.78 is 18.4. The van der Waals surface area contributed by atoms with Crippen molar-refractivity contribution in [3.05, 3.63) is 29.3 Å². The minimum atomic E-state index is -0.935. The van der Waals surface area contributed by atoms with Gasteiger partial charge in [-0.1, -0.05) is 25.0 Å².